The van der Waals surface area contributed by atoms with E-state index in [2.05, 4.69) is 15.4 Å². The Morgan fingerprint density at radius 2 is 2.00 bits per heavy atom. The zero-order valence-corrected chi connectivity index (χ0v) is 13.0. The number of hydrogen-bond acceptors (Lipinski definition) is 3. The summed E-state index contributed by atoms with van der Waals surface area (Å²) in [5, 5.41) is 14.5. The summed E-state index contributed by atoms with van der Waals surface area (Å²) in [6.07, 6.45) is -0.406. The van der Waals surface area contributed by atoms with Gasteiger partial charge in [-0.1, -0.05) is 24.3 Å². The highest BCUT2D eigenvalue weighted by Gasteiger charge is 2.31. The average Bonchev–Trinajstić information content (AvgIpc) is 2.93. The van der Waals surface area contributed by atoms with Crippen molar-refractivity contribution in [3.63, 3.8) is 0 Å². The van der Waals surface area contributed by atoms with Crippen molar-refractivity contribution >= 4 is 6.03 Å². The number of carbonyl (C=O) groups is 1. The fourth-order valence-corrected chi connectivity index (χ4v) is 2.47. The van der Waals surface area contributed by atoms with E-state index in [1.165, 1.54) is 24.3 Å². The molecular weight excluding hydrogens is 325 g/mol. The maximum Gasteiger partial charge on any atom is 0.573 e. The van der Waals surface area contributed by atoms with Crippen LogP contribution in [0.5, 0.6) is 5.75 Å². The van der Waals surface area contributed by atoms with Crippen LogP contribution in [0.4, 0.5) is 18.0 Å². The van der Waals surface area contributed by atoms with E-state index >= 15 is 0 Å². The molecule has 0 aliphatic heterocycles. The number of amides is 2. The van der Waals surface area contributed by atoms with Crippen molar-refractivity contribution in [1.29, 1.82) is 0 Å². The summed E-state index contributed by atoms with van der Waals surface area (Å²) >= 11 is 0. The van der Waals surface area contributed by atoms with E-state index in [-0.39, 0.29) is 36.4 Å². The fourth-order valence-electron chi connectivity index (χ4n) is 2.47. The predicted octanol–water partition coefficient (Wildman–Crippen LogP) is 2.88. The van der Waals surface area contributed by atoms with Crippen molar-refractivity contribution < 1.29 is 27.8 Å². The summed E-state index contributed by atoms with van der Waals surface area (Å²) in [6, 6.07) is 4.41. The maximum absolute atomic E-state index is 12.1. The van der Waals surface area contributed by atoms with Crippen LogP contribution >= 0.6 is 0 Å². The molecule has 2 amide bonds. The first-order chi connectivity index (χ1) is 11.3. The summed E-state index contributed by atoms with van der Waals surface area (Å²) in [4.78, 5) is 11.9. The molecule has 2 rings (SSSR count). The van der Waals surface area contributed by atoms with E-state index < -0.39 is 6.36 Å². The van der Waals surface area contributed by atoms with Gasteiger partial charge in [0.15, 0.2) is 0 Å². The summed E-state index contributed by atoms with van der Waals surface area (Å²) in [5.41, 5.74) is 0.648. The molecule has 5 nitrogen and oxygen atoms in total. The highest BCUT2D eigenvalue weighted by atomic mass is 19.4. The molecule has 24 heavy (non-hydrogen) atoms. The van der Waals surface area contributed by atoms with E-state index in [0.29, 0.717) is 12.0 Å². The molecule has 0 radical (unpaired) electrons. The lowest BCUT2D eigenvalue weighted by atomic mass is 10.1. The number of ether oxygens (including phenoxy) is 1. The van der Waals surface area contributed by atoms with E-state index in [1.54, 1.807) is 6.92 Å². The number of aliphatic hydroxyl groups excluding tert-OH is 1. The van der Waals surface area contributed by atoms with E-state index in [9.17, 15) is 18.0 Å². The van der Waals surface area contributed by atoms with Gasteiger partial charge >= 0.3 is 12.4 Å². The molecule has 0 fully saturated rings. The van der Waals surface area contributed by atoms with Gasteiger partial charge < -0.3 is 20.5 Å². The molecule has 8 heteroatoms. The second kappa shape index (κ2) is 7.57. The van der Waals surface area contributed by atoms with Crippen molar-refractivity contribution in [3.8, 4) is 5.75 Å². The van der Waals surface area contributed by atoms with Crippen LogP contribution in [-0.4, -0.2) is 30.1 Å². The molecular formula is C16H19F3N2O3. The summed E-state index contributed by atoms with van der Waals surface area (Å²) < 4.78 is 40.1. The Bertz CT molecular complexity index is 587. The smallest absolute Gasteiger partial charge is 0.406 e. The number of hydrogen-bond donors (Lipinski definition) is 3. The summed E-state index contributed by atoms with van der Waals surface area (Å²) in [6.45, 7) is 1.76. The number of benzene rings is 1. The zero-order valence-electron chi connectivity index (χ0n) is 13.0. The topological polar surface area (TPSA) is 70.6 Å². The SMILES string of the molecule is C[C@H](NC(=O)N[C@@H]1C=C[C@H](CO)C1)c1ccc(OC(F)(F)F)cc1. The molecule has 0 aromatic heterocycles. The second-order valence-electron chi connectivity index (χ2n) is 5.63. The van der Waals surface area contributed by atoms with Crippen LogP contribution in [0.1, 0.15) is 24.9 Å². The molecule has 0 unspecified atom stereocenters. The Morgan fingerprint density at radius 1 is 1.33 bits per heavy atom. The standard InChI is InChI=1S/C16H19F3N2O3/c1-10(12-3-6-14(7-4-12)24-16(17,18)19)20-15(23)21-13-5-2-11(8-13)9-22/h2-7,10-11,13,22H,8-9H2,1H3,(H2,20,21,23)/t10-,11-,13+/m0/s1. The first-order valence-corrected chi connectivity index (χ1v) is 7.49. The van der Waals surface area contributed by atoms with Gasteiger partial charge in [0, 0.05) is 18.6 Å². The minimum absolute atomic E-state index is 0.0407. The highest BCUT2D eigenvalue weighted by Crippen LogP contribution is 2.24. The number of nitrogens with one attached hydrogen (secondary N) is 2. The second-order valence-corrected chi connectivity index (χ2v) is 5.63. The van der Waals surface area contributed by atoms with Gasteiger partial charge in [-0.2, -0.15) is 0 Å². The molecule has 0 saturated heterocycles. The third-order valence-electron chi connectivity index (χ3n) is 3.68. The molecule has 3 atom stereocenters. The molecule has 1 aromatic rings. The Kier molecular flexibility index (Phi) is 5.71. The number of carbonyl (C=O) groups excluding carboxylic acids is 1. The lowest BCUT2D eigenvalue weighted by Gasteiger charge is -2.18. The van der Waals surface area contributed by atoms with Crippen LogP contribution in [0, 0.1) is 5.92 Å². The van der Waals surface area contributed by atoms with E-state index in [4.69, 9.17) is 5.11 Å². The van der Waals surface area contributed by atoms with Crippen LogP contribution in [0.2, 0.25) is 0 Å². The lowest BCUT2D eigenvalue weighted by molar-refractivity contribution is -0.274. The number of aliphatic hydroxyl groups is 1. The lowest BCUT2D eigenvalue weighted by Crippen LogP contribution is -2.41. The van der Waals surface area contributed by atoms with Crippen LogP contribution in [0.3, 0.4) is 0 Å². The molecule has 0 heterocycles. The molecule has 3 N–H and O–H groups in total. The minimum Gasteiger partial charge on any atom is -0.406 e. The Hall–Kier alpha value is -2.22. The van der Waals surface area contributed by atoms with Gasteiger partial charge in [-0.3, -0.25) is 0 Å². The van der Waals surface area contributed by atoms with Crippen LogP contribution in [0.15, 0.2) is 36.4 Å². The molecule has 0 saturated carbocycles. The van der Waals surface area contributed by atoms with Gasteiger partial charge in [-0.05, 0) is 31.0 Å². The van der Waals surface area contributed by atoms with Crippen molar-refractivity contribution in [2.45, 2.75) is 31.8 Å². The third-order valence-corrected chi connectivity index (χ3v) is 3.68. The number of urea groups is 1. The quantitative estimate of drug-likeness (QED) is 0.720. The van der Waals surface area contributed by atoms with Gasteiger partial charge in [0.05, 0.1) is 6.04 Å². The Balaban J connectivity index is 1.84. The summed E-state index contributed by atoms with van der Waals surface area (Å²) in [5.74, 6) is -0.261. The Morgan fingerprint density at radius 3 is 2.54 bits per heavy atom. The monoisotopic (exact) mass is 344 g/mol. The molecule has 0 bridgehead atoms. The summed E-state index contributed by atoms with van der Waals surface area (Å²) in [7, 11) is 0. The fraction of sp³-hybridized carbons (Fsp3) is 0.438. The molecule has 1 aliphatic carbocycles. The van der Waals surface area contributed by atoms with Gasteiger partial charge in [0.2, 0.25) is 0 Å². The predicted molar refractivity (Wildman–Crippen MR) is 81.3 cm³/mol. The molecule has 0 spiro atoms. The van der Waals surface area contributed by atoms with E-state index in [1.807, 2.05) is 12.2 Å². The minimum atomic E-state index is -4.73. The normalized spacial score (nSPS) is 21.4. The van der Waals surface area contributed by atoms with Gasteiger partial charge in [-0.15, -0.1) is 13.2 Å². The number of halogens is 3. The van der Waals surface area contributed by atoms with Crippen molar-refractivity contribution in [2.75, 3.05) is 6.61 Å². The van der Waals surface area contributed by atoms with Crippen molar-refractivity contribution in [3.05, 3.63) is 42.0 Å². The van der Waals surface area contributed by atoms with Crippen molar-refractivity contribution in [1.82, 2.24) is 10.6 Å². The highest BCUT2D eigenvalue weighted by molar-refractivity contribution is 5.75. The number of rotatable bonds is 5. The van der Waals surface area contributed by atoms with E-state index in [0.717, 1.165) is 0 Å². The first kappa shape index (κ1) is 18.1. The average molecular weight is 344 g/mol. The Labute approximate surface area is 137 Å². The molecule has 1 aliphatic rings. The maximum atomic E-state index is 12.1. The zero-order chi connectivity index (χ0) is 17.7. The molecule has 1 aromatic carbocycles. The largest absolute Gasteiger partial charge is 0.573 e. The van der Waals surface area contributed by atoms with Gasteiger partial charge in [0.25, 0.3) is 0 Å². The first-order valence-electron chi connectivity index (χ1n) is 7.49. The van der Waals surface area contributed by atoms with Gasteiger partial charge in [0.1, 0.15) is 5.75 Å². The third kappa shape index (κ3) is 5.45. The molecule has 132 valence electrons. The number of alkyl halides is 3. The van der Waals surface area contributed by atoms with Crippen molar-refractivity contribution in [2.24, 2.45) is 5.92 Å². The van der Waals surface area contributed by atoms with Gasteiger partial charge in [-0.25, -0.2) is 4.79 Å². The van der Waals surface area contributed by atoms with Crippen LogP contribution in [-0.2, 0) is 0 Å². The van der Waals surface area contributed by atoms with Crippen LogP contribution in [0.25, 0.3) is 0 Å². The van der Waals surface area contributed by atoms with Crippen LogP contribution < -0.4 is 15.4 Å².